The molecule has 1 saturated heterocycles. The van der Waals surface area contributed by atoms with E-state index in [0.29, 0.717) is 6.54 Å². The Labute approximate surface area is 72.2 Å². The summed E-state index contributed by atoms with van der Waals surface area (Å²) in [5.41, 5.74) is 8.11. The topological polar surface area (TPSA) is 52.0 Å². The second-order valence-corrected chi connectivity index (χ2v) is 3.78. The molecule has 4 heteroatoms. The van der Waals surface area contributed by atoms with E-state index < -0.39 is 0 Å². The minimum atomic E-state index is 0.639. The lowest BCUT2D eigenvalue weighted by molar-refractivity contribution is 0.219. The van der Waals surface area contributed by atoms with Crippen LogP contribution in [-0.4, -0.2) is 30.6 Å². The minimum Gasteiger partial charge on any atom is -0.300 e. The van der Waals surface area contributed by atoms with E-state index in [9.17, 15) is 0 Å². The average molecular weight is 166 g/mol. The van der Waals surface area contributed by atoms with Gasteiger partial charge in [-0.25, -0.2) is 0 Å². The van der Waals surface area contributed by atoms with Gasteiger partial charge in [0.1, 0.15) is 0 Å². The molecule has 0 radical (unpaired) electrons. The molecule has 2 atom stereocenters. The number of likely N-dealkylation sites (tertiary alicyclic amines) is 1. The Morgan fingerprint density at radius 1 is 1.50 bits per heavy atom. The van der Waals surface area contributed by atoms with Gasteiger partial charge in [-0.3, -0.25) is 4.90 Å². The van der Waals surface area contributed by atoms with Gasteiger partial charge in [-0.2, -0.15) is 0 Å². The summed E-state index contributed by atoms with van der Waals surface area (Å²) in [5.74, 6) is 0.945. The number of hydrogen-bond donors (Lipinski definition) is 0. The molecule has 4 nitrogen and oxygen atoms in total. The minimum absolute atomic E-state index is 0.639. The highest BCUT2D eigenvalue weighted by atomic mass is 15.2. The molecule has 2 bridgehead atoms. The number of fused-ring (bicyclic) bond motifs is 2. The van der Waals surface area contributed by atoms with Gasteiger partial charge in [-0.15, -0.1) is 0 Å². The molecule has 2 unspecified atom stereocenters. The summed E-state index contributed by atoms with van der Waals surface area (Å²) in [5, 5.41) is 3.56. The summed E-state index contributed by atoms with van der Waals surface area (Å²) in [6.07, 6.45) is 4.17. The van der Waals surface area contributed by atoms with Gasteiger partial charge in [0, 0.05) is 30.6 Å². The Morgan fingerprint density at radius 3 is 3.00 bits per heavy atom. The summed E-state index contributed by atoms with van der Waals surface area (Å²) in [6, 6.07) is 0.809. The van der Waals surface area contributed by atoms with Crippen LogP contribution in [0.15, 0.2) is 5.11 Å². The fourth-order valence-corrected chi connectivity index (χ4v) is 2.52. The molecule has 1 aliphatic heterocycles. The van der Waals surface area contributed by atoms with E-state index in [-0.39, 0.29) is 0 Å². The molecule has 2 aliphatic rings. The first-order valence-corrected chi connectivity index (χ1v) is 4.65. The maximum atomic E-state index is 8.11. The monoisotopic (exact) mass is 166 g/mol. The third kappa shape index (κ3) is 1.40. The molecule has 12 heavy (non-hydrogen) atoms. The lowest BCUT2D eigenvalue weighted by Gasteiger charge is -2.25. The van der Waals surface area contributed by atoms with Crippen molar-refractivity contribution in [3.63, 3.8) is 0 Å². The van der Waals surface area contributed by atoms with Gasteiger partial charge in [-0.05, 0) is 30.7 Å². The maximum absolute atomic E-state index is 8.11. The molecule has 1 heterocycles. The highest BCUT2D eigenvalue weighted by Gasteiger charge is 2.36. The van der Waals surface area contributed by atoms with Crippen molar-refractivity contribution in [1.82, 2.24) is 4.90 Å². The third-order valence-electron chi connectivity index (χ3n) is 3.07. The van der Waals surface area contributed by atoms with Crippen molar-refractivity contribution in [1.29, 1.82) is 0 Å². The summed E-state index contributed by atoms with van der Waals surface area (Å²) in [7, 11) is 0. The Kier molecular flexibility index (Phi) is 2.19. The quantitative estimate of drug-likeness (QED) is 0.358. The van der Waals surface area contributed by atoms with Gasteiger partial charge in [0.05, 0.1) is 0 Å². The smallest absolute Gasteiger partial charge is 0.0385 e. The summed E-state index contributed by atoms with van der Waals surface area (Å²) < 4.78 is 0. The Bertz CT molecular complexity index is 209. The predicted octanol–water partition coefficient (Wildman–Crippen LogP) is 1.78. The van der Waals surface area contributed by atoms with Crippen LogP contribution in [0.25, 0.3) is 10.4 Å². The molecular weight excluding hydrogens is 152 g/mol. The van der Waals surface area contributed by atoms with Crippen molar-refractivity contribution < 1.29 is 0 Å². The Balaban J connectivity index is 1.79. The molecule has 0 aromatic heterocycles. The van der Waals surface area contributed by atoms with Crippen LogP contribution >= 0.6 is 0 Å². The van der Waals surface area contributed by atoms with Crippen molar-refractivity contribution in [2.24, 2.45) is 11.0 Å². The predicted molar refractivity (Wildman–Crippen MR) is 46.7 cm³/mol. The van der Waals surface area contributed by atoms with Crippen molar-refractivity contribution in [3.8, 4) is 0 Å². The SMILES string of the molecule is [N-]=[N+]=NCCN1CC2CCC1C2. The standard InChI is InChI=1S/C8H14N4/c9-11-10-3-4-12-6-7-1-2-8(12)5-7/h7-8H,1-6H2. The van der Waals surface area contributed by atoms with E-state index in [4.69, 9.17) is 5.53 Å². The zero-order valence-electron chi connectivity index (χ0n) is 7.19. The number of rotatable bonds is 3. The van der Waals surface area contributed by atoms with E-state index in [1.807, 2.05) is 0 Å². The van der Waals surface area contributed by atoms with E-state index in [0.717, 1.165) is 18.5 Å². The van der Waals surface area contributed by atoms with Gasteiger partial charge >= 0.3 is 0 Å². The van der Waals surface area contributed by atoms with Gasteiger partial charge < -0.3 is 0 Å². The average Bonchev–Trinajstić information content (AvgIpc) is 2.65. The van der Waals surface area contributed by atoms with E-state index >= 15 is 0 Å². The molecule has 0 spiro atoms. The van der Waals surface area contributed by atoms with Crippen LogP contribution in [-0.2, 0) is 0 Å². The first-order chi connectivity index (χ1) is 5.90. The molecule has 1 saturated carbocycles. The van der Waals surface area contributed by atoms with Crippen molar-refractivity contribution in [3.05, 3.63) is 10.4 Å². The molecule has 1 aliphatic carbocycles. The van der Waals surface area contributed by atoms with Crippen LogP contribution in [0.5, 0.6) is 0 Å². The lowest BCUT2D eigenvalue weighted by atomic mass is 10.1. The summed E-state index contributed by atoms with van der Waals surface area (Å²) >= 11 is 0. The first-order valence-electron chi connectivity index (χ1n) is 4.65. The largest absolute Gasteiger partial charge is 0.300 e. The van der Waals surface area contributed by atoms with Crippen molar-refractivity contribution >= 4 is 0 Å². The maximum Gasteiger partial charge on any atom is 0.0385 e. The van der Waals surface area contributed by atoms with Crippen LogP contribution in [0.2, 0.25) is 0 Å². The molecule has 0 aromatic rings. The highest BCUT2D eigenvalue weighted by Crippen LogP contribution is 2.36. The number of piperidine rings is 1. The Morgan fingerprint density at radius 2 is 2.42 bits per heavy atom. The zero-order chi connectivity index (χ0) is 8.39. The number of nitrogens with zero attached hydrogens (tertiary/aromatic N) is 4. The highest BCUT2D eigenvalue weighted by molar-refractivity contribution is 4.91. The number of hydrogen-bond acceptors (Lipinski definition) is 2. The normalized spacial score (nSPS) is 33.7. The molecule has 2 rings (SSSR count). The van der Waals surface area contributed by atoms with Gasteiger partial charge in [-0.1, -0.05) is 5.11 Å². The van der Waals surface area contributed by atoms with E-state index in [2.05, 4.69) is 14.9 Å². The zero-order valence-corrected chi connectivity index (χ0v) is 7.19. The van der Waals surface area contributed by atoms with Gasteiger partial charge in [0.25, 0.3) is 0 Å². The fourth-order valence-electron chi connectivity index (χ4n) is 2.52. The lowest BCUT2D eigenvalue weighted by Crippen LogP contribution is -2.33. The molecule has 2 fully saturated rings. The van der Waals surface area contributed by atoms with Gasteiger partial charge in [0.15, 0.2) is 0 Å². The van der Waals surface area contributed by atoms with Crippen LogP contribution in [0, 0.1) is 5.92 Å². The molecule has 0 amide bonds. The second kappa shape index (κ2) is 3.33. The van der Waals surface area contributed by atoms with Crippen LogP contribution in [0.4, 0.5) is 0 Å². The summed E-state index contributed by atoms with van der Waals surface area (Å²) in [4.78, 5) is 5.23. The van der Waals surface area contributed by atoms with Crippen LogP contribution < -0.4 is 0 Å². The van der Waals surface area contributed by atoms with E-state index in [1.54, 1.807) is 0 Å². The van der Waals surface area contributed by atoms with Gasteiger partial charge in [0.2, 0.25) is 0 Å². The second-order valence-electron chi connectivity index (χ2n) is 3.78. The molecule has 66 valence electrons. The van der Waals surface area contributed by atoms with Crippen LogP contribution in [0.3, 0.4) is 0 Å². The third-order valence-corrected chi connectivity index (χ3v) is 3.07. The van der Waals surface area contributed by atoms with E-state index in [1.165, 1.54) is 25.8 Å². The fraction of sp³-hybridized carbons (Fsp3) is 1.00. The molecule has 0 N–H and O–H groups in total. The first kappa shape index (κ1) is 7.90. The van der Waals surface area contributed by atoms with Crippen LogP contribution in [0.1, 0.15) is 19.3 Å². The summed E-state index contributed by atoms with van der Waals surface area (Å²) in [6.45, 7) is 2.84. The Hall–Kier alpha value is -0.730. The van der Waals surface area contributed by atoms with Crippen molar-refractivity contribution in [2.45, 2.75) is 25.3 Å². The number of azide groups is 1. The molecule has 0 aromatic carbocycles. The molecular formula is C8H14N4. The van der Waals surface area contributed by atoms with Crippen molar-refractivity contribution in [2.75, 3.05) is 19.6 Å².